The van der Waals surface area contributed by atoms with Crippen LogP contribution in [-0.4, -0.2) is 16.9 Å². The van der Waals surface area contributed by atoms with E-state index in [1.807, 2.05) is 13.8 Å². The lowest BCUT2D eigenvalue weighted by atomic mass is 9.97. The number of benzene rings is 1. The first-order valence-electron chi connectivity index (χ1n) is 7.16. The minimum atomic E-state index is -1.13. The van der Waals surface area contributed by atoms with E-state index in [0.717, 1.165) is 16.9 Å². The first-order valence-corrected chi connectivity index (χ1v) is 7.98. The molecule has 0 saturated heterocycles. The topological polar surface area (TPSA) is 66.4 Å². The van der Waals surface area contributed by atoms with E-state index in [0.29, 0.717) is 10.4 Å². The van der Waals surface area contributed by atoms with Crippen LogP contribution in [0.3, 0.4) is 0 Å². The molecule has 0 aliphatic rings. The molecule has 0 aliphatic heterocycles. The van der Waals surface area contributed by atoms with Crippen LogP contribution in [0.2, 0.25) is 0 Å². The fraction of sp³-hybridized carbons (Fsp3) is 0.294. The van der Waals surface area contributed by atoms with Gasteiger partial charge in [0.15, 0.2) is 5.78 Å². The van der Waals surface area contributed by atoms with E-state index < -0.39 is 11.8 Å². The van der Waals surface area contributed by atoms with E-state index in [1.54, 1.807) is 19.1 Å². The van der Waals surface area contributed by atoms with Gasteiger partial charge in [0.1, 0.15) is 10.8 Å². The van der Waals surface area contributed by atoms with Crippen LogP contribution < -0.4 is 5.32 Å². The zero-order valence-electron chi connectivity index (χ0n) is 13.4. The number of aryl methyl sites for hydroxylation is 1. The molecule has 0 atom stereocenters. The summed E-state index contributed by atoms with van der Waals surface area (Å²) in [5.74, 6) is -1.93. The highest BCUT2D eigenvalue weighted by Gasteiger charge is 2.27. The second-order valence-electron chi connectivity index (χ2n) is 5.67. The molecule has 23 heavy (non-hydrogen) atoms. The number of anilines is 2. The summed E-state index contributed by atoms with van der Waals surface area (Å²) in [7, 11) is 0. The Morgan fingerprint density at radius 2 is 1.96 bits per heavy atom. The summed E-state index contributed by atoms with van der Waals surface area (Å²) < 4.78 is 14.0. The van der Waals surface area contributed by atoms with Crippen molar-refractivity contribution in [2.45, 2.75) is 33.6 Å². The summed E-state index contributed by atoms with van der Waals surface area (Å²) in [6, 6.07) is 4.65. The predicted molar refractivity (Wildman–Crippen MR) is 89.8 cm³/mol. The molecule has 4 nitrogen and oxygen atoms in total. The van der Waals surface area contributed by atoms with Crippen LogP contribution >= 0.6 is 11.3 Å². The zero-order chi connectivity index (χ0) is 17.3. The number of carboxylic acid groups (broad SMARTS) is 1. The number of aromatic carboxylic acids is 1. The number of Topliss-reactive ketones (excluding diaryl/α,β-unsaturated/α-hetero) is 1. The van der Waals surface area contributed by atoms with E-state index in [2.05, 4.69) is 5.32 Å². The van der Waals surface area contributed by atoms with Gasteiger partial charge in [-0.25, -0.2) is 9.18 Å². The molecule has 0 fully saturated rings. The van der Waals surface area contributed by atoms with Gasteiger partial charge in [-0.1, -0.05) is 19.9 Å². The number of hydrogen-bond donors (Lipinski definition) is 2. The molecule has 0 radical (unpaired) electrons. The molecule has 0 bridgehead atoms. The third-order valence-corrected chi connectivity index (χ3v) is 4.65. The average Bonchev–Trinajstić information content (AvgIpc) is 2.81. The molecular formula is C17H18FNO3S. The molecule has 2 aromatic rings. The van der Waals surface area contributed by atoms with Crippen molar-refractivity contribution < 1.29 is 19.1 Å². The minimum absolute atomic E-state index is 0.0372. The number of carboxylic acids is 1. The van der Waals surface area contributed by atoms with Crippen LogP contribution in [0.1, 0.15) is 57.8 Å². The fourth-order valence-electron chi connectivity index (χ4n) is 2.40. The van der Waals surface area contributed by atoms with Gasteiger partial charge in [0.2, 0.25) is 0 Å². The fourth-order valence-corrected chi connectivity index (χ4v) is 3.66. The molecule has 0 spiro atoms. The van der Waals surface area contributed by atoms with Crippen LogP contribution in [0.4, 0.5) is 15.1 Å². The van der Waals surface area contributed by atoms with Gasteiger partial charge in [-0.3, -0.25) is 4.79 Å². The van der Waals surface area contributed by atoms with Crippen molar-refractivity contribution in [2.75, 3.05) is 5.32 Å². The van der Waals surface area contributed by atoms with Crippen LogP contribution in [-0.2, 0) is 0 Å². The summed E-state index contributed by atoms with van der Waals surface area (Å²) >= 11 is 1.05. The lowest BCUT2D eigenvalue weighted by Gasteiger charge is -2.10. The summed E-state index contributed by atoms with van der Waals surface area (Å²) in [5.41, 5.74) is 1.48. The standard InChI is InChI=1S/C17H18FNO3S/c1-8(2)13-14(17(21)22)16(23-15(13)10(4)20)19-12-6-5-9(3)7-11(12)18/h5-8,19H,1-4H3,(H,21,22). The van der Waals surface area contributed by atoms with Crippen molar-refractivity contribution in [1.29, 1.82) is 0 Å². The molecule has 122 valence electrons. The lowest BCUT2D eigenvalue weighted by Crippen LogP contribution is -2.06. The maximum absolute atomic E-state index is 14.0. The highest BCUT2D eigenvalue weighted by molar-refractivity contribution is 7.18. The average molecular weight is 335 g/mol. The monoisotopic (exact) mass is 335 g/mol. The lowest BCUT2D eigenvalue weighted by molar-refractivity contribution is 0.0697. The number of ketones is 1. The minimum Gasteiger partial charge on any atom is -0.478 e. The SMILES string of the molecule is CC(=O)c1sc(Nc2ccc(C)cc2F)c(C(=O)O)c1C(C)C. The van der Waals surface area contributed by atoms with E-state index in [1.165, 1.54) is 13.0 Å². The molecule has 1 aromatic heterocycles. The van der Waals surface area contributed by atoms with Crippen LogP contribution in [0.15, 0.2) is 18.2 Å². The number of rotatable bonds is 5. The van der Waals surface area contributed by atoms with Crippen molar-refractivity contribution in [1.82, 2.24) is 0 Å². The number of carbonyl (C=O) groups is 2. The predicted octanol–water partition coefficient (Wildman–Crippen LogP) is 4.96. The van der Waals surface area contributed by atoms with Crippen molar-refractivity contribution >= 4 is 33.8 Å². The third-order valence-electron chi connectivity index (χ3n) is 3.43. The Morgan fingerprint density at radius 3 is 2.43 bits per heavy atom. The normalized spacial score (nSPS) is 10.9. The summed E-state index contributed by atoms with van der Waals surface area (Å²) in [6.45, 7) is 6.83. The quantitative estimate of drug-likeness (QED) is 0.758. The smallest absolute Gasteiger partial charge is 0.339 e. The van der Waals surface area contributed by atoms with E-state index in [9.17, 15) is 19.1 Å². The molecule has 0 aliphatic carbocycles. The summed E-state index contributed by atoms with van der Waals surface area (Å²) in [5, 5.41) is 12.6. The molecule has 1 heterocycles. The molecular weight excluding hydrogens is 317 g/mol. The number of hydrogen-bond acceptors (Lipinski definition) is 4. The molecule has 0 saturated carbocycles. The van der Waals surface area contributed by atoms with Crippen LogP contribution in [0.5, 0.6) is 0 Å². The van der Waals surface area contributed by atoms with Crippen molar-refractivity contribution in [2.24, 2.45) is 0 Å². The molecule has 2 rings (SSSR count). The Morgan fingerprint density at radius 1 is 1.30 bits per heavy atom. The molecule has 2 N–H and O–H groups in total. The van der Waals surface area contributed by atoms with Crippen molar-refractivity contribution in [3.63, 3.8) is 0 Å². The van der Waals surface area contributed by atoms with Crippen molar-refractivity contribution in [3.05, 3.63) is 45.6 Å². The van der Waals surface area contributed by atoms with Gasteiger partial charge in [0.25, 0.3) is 0 Å². The Hall–Kier alpha value is -2.21. The summed E-state index contributed by atoms with van der Waals surface area (Å²) in [6.07, 6.45) is 0. The highest BCUT2D eigenvalue weighted by atomic mass is 32.1. The Balaban J connectivity index is 2.60. The molecule has 1 aromatic carbocycles. The first kappa shape index (κ1) is 17.1. The second-order valence-corrected chi connectivity index (χ2v) is 6.69. The zero-order valence-corrected chi connectivity index (χ0v) is 14.2. The largest absolute Gasteiger partial charge is 0.478 e. The third kappa shape index (κ3) is 3.42. The maximum Gasteiger partial charge on any atom is 0.339 e. The number of carbonyl (C=O) groups excluding carboxylic acids is 1. The molecule has 0 amide bonds. The number of nitrogens with one attached hydrogen (secondary N) is 1. The van der Waals surface area contributed by atoms with E-state index in [-0.39, 0.29) is 28.0 Å². The Labute approximate surface area is 138 Å². The van der Waals surface area contributed by atoms with E-state index in [4.69, 9.17) is 0 Å². The molecule has 0 unspecified atom stereocenters. The highest BCUT2D eigenvalue weighted by Crippen LogP contribution is 2.40. The Kier molecular flexibility index (Phi) is 4.85. The van der Waals surface area contributed by atoms with Gasteiger partial charge in [-0.15, -0.1) is 11.3 Å². The molecule has 6 heteroatoms. The first-order chi connectivity index (χ1) is 10.7. The van der Waals surface area contributed by atoms with Gasteiger partial charge in [-0.2, -0.15) is 0 Å². The maximum atomic E-state index is 14.0. The van der Waals surface area contributed by atoms with Gasteiger partial charge in [-0.05, 0) is 43.0 Å². The van der Waals surface area contributed by atoms with Gasteiger partial charge in [0.05, 0.1) is 16.1 Å². The van der Waals surface area contributed by atoms with Gasteiger partial charge < -0.3 is 10.4 Å². The number of thiophene rings is 1. The Bertz CT molecular complexity index is 780. The van der Waals surface area contributed by atoms with Crippen LogP contribution in [0, 0.1) is 12.7 Å². The number of halogens is 1. The van der Waals surface area contributed by atoms with Gasteiger partial charge in [0, 0.05) is 0 Å². The summed E-state index contributed by atoms with van der Waals surface area (Å²) in [4.78, 5) is 23.9. The van der Waals surface area contributed by atoms with Crippen molar-refractivity contribution in [3.8, 4) is 0 Å². The van der Waals surface area contributed by atoms with Crippen LogP contribution in [0.25, 0.3) is 0 Å². The van der Waals surface area contributed by atoms with Gasteiger partial charge >= 0.3 is 5.97 Å². The second kappa shape index (κ2) is 6.50. The van der Waals surface area contributed by atoms with E-state index >= 15 is 0 Å².